The molecule has 3 unspecified atom stereocenters. The van der Waals surface area contributed by atoms with E-state index in [9.17, 15) is 14.7 Å². The molecule has 2 aromatic heterocycles. The number of nitrogens with two attached hydrogens (primary N) is 1. The molecule has 4 aliphatic heterocycles. The molecule has 13 nitrogen and oxygen atoms in total. The Labute approximate surface area is 319 Å². The summed E-state index contributed by atoms with van der Waals surface area (Å²) in [6.07, 6.45) is 9.08. The van der Waals surface area contributed by atoms with Gasteiger partial charge >= 0.3 is 0 Å². The zero-order valence-electron chi connectivity index (χ0n) is 30.9. The normalized spacial score (nSPS) is 26.0. The summed E-state index contributed by atoms with van der Waals surface area (Å²) in [5.41, 5.74) is 10.8. The number of piperazine rings is 2. The van der Waals surface area contributed by atoms with Crippen molar-refractivity contribution in [3.05, 3.63) is 77.9 Å². The van der Waals surface area contributed by atoms with Gasteiger partial charge in [-0.25, -0.2) is 14.4 Å². The lowest BCUT2D eigenvalue weighted by atomic mass is 9.83. The molecule has 0 radical (unpaired) electrons. The van der Waals surface area contributed by atoms with Crippen molar-refractivity contribution in [1.82, 2.24) is 30.4 Å². The number of phenolic OH excluding ortho intramolecular Hbond substituents is 1. The van der Waals surface area contributed by atoms with Gasteiger partial charge in [0, 0.05) is 87.2 Å². The fraction of sp³-hybridized carbons (Fsp3) is 0.463. The van der Waals surface area contributed by atoms with Crippen LogP contribution >= 0.6 is 0 Å². The highest BCUT2D eigenvalue weighted by atomic mass is 19.1. The summed E-state index contributed by atoms with van der Waals surface area (Å²) in [5.74, 6) is 0.337. The van der Waals surface area contributed by atoms with Crippen LogP contribution in [0.15, 0.2) is 60.8 Å². The number of hydrogen-bond acceptors (Lipinski definition) is 12. The van der Waals surface area contributed by atoms with Gasteiger partial charge in [-0.1, -0.05) is 18.2 Å². The van der Waals surface area contributed by atoms with E-state index < -0.39 is 5.92 Å². The first kappa shape index (κ1) is 35.3. The molecule has 55 heavy (non-hydrogen) atoms. The molecule has 0 spiro atoms. The molecule has 14 heteroatoms. The number of carbonyl (C=O) groups excluding carboxylic acids is 2. The maximum Gasteiger partial charge on any atom is 0.234 e. The average molecular weight is 747 g/mol. The molecule has 6 heterocycles. The van der Waals surface area contributed by atoms with E-state index >= 15 is 4.39 Å². The van der Waals surface area contributed by atoms with Gasteiger partial charge < -0.3 is 25.5 Å². The highest BCUT2D eigenvalue weighted by Gasteiger charge is 2.42. The van der Waals surface area contributed by atoms with Crippen LogP contribution in [0.3, 0.4) is 0 Å². The Morgan fingerprint density at radius 2 is 1.55 bits per heavy atom. The summed E-state index contributed by atoms with van der Waals surface area (Å²) in [4.78, 5) is 43.3. The number of aromatic nitrogens is 4. The third kappa shape index (κ3) is 6.92. The second-order valence-corrected chi connectivity index (χ2v) is 15.7. The molecular formula is C41H47FN10O3. The number of hydrogen-bond donors (Lipinski definition) is 3. The number of carbonyl (C=O) groups is 2. The second kappa shape index (κ2) is 14.7. The Morgan fingerprint density at radius 3 is 2.27 bits per heavy atom. The minimum absolute atomic E-state index is 0.160. The van der Waals surface area contributed by atoms with Gasteiger partial charge in [-0.2, -0.15) is 0 Å². The van der Waals surface area contributed by atoms with E-state index in [4.69, 9.17) is 15.7 Å². The fourth-order valence-electron chi connectivity index (χ4n) is 9.68. The van der Waals surface area contributed by atoms with E-state index in [0.717, 1.165) is 95.1 Å². The predicted molar refractivity (Wildman–Crippen MR) is 207 cm³/mol. The number of rotatable bonds is 7. The van der Waals surface area contributed by atoms with Gasteiger partial charge in [0.25, 0.3) is 0 Å². The predicted octanol–water partition coefficient (Wildman–Crippen LogP) is 4.59. The van der Waals surface area contributed by atoms with Crippen LogP contribution in [0.4, 0.5) is 27.5 Å². The SMILES string of the molecule is Nc1nnc(-c2ccccc2O)cc1N1CC2CCC(C1)N2c1nccc(C2CCC(N3CCN(c4ccc(C5CCC(=O)NC5=O)cc4F)CC3)CC2)n1. The van der Waals surface area contributed by atoms with Crippen LogP contribution in [-0.2, 0) is 9.59 Å². The van der Waals surface area contributed by atoms with Crippen LogP contribution in [0.25, 0.3) is 11.3 Å². The molecule has 2 bridgehead atoms. The average Bonchev–Trinajstić information content (AvgIpc) is 3.47. The van der Waals surface area contributed by atoms with Crippen molar-refractivity contribution >= 4 is 35.0 Å². The van der Waals surface area contributed by atoms with E-state index in [0.29, 0.717) is 46.7 Å². The van der Waals surface area contributed by atoms with Gasteiger partial charge in [0.2, 0.25) is 17.8 Å². The Hall–Kier alpha value is -5.37. The zero-order valence-corrected chi connectivity index (χ0v) is 30.9. The molecule has 2 aromatic carbocycles. The lowest BCUT2D eigenvalue weighted by Crippen LogP contribution is -2.54. The number of nitrogens with zero attached hydrogens (tertiary/aromatic N) is 8. The van der Waals surface area contributed by atoms with E-state index in [1.54, 1.807) is 18.2 Å². The monoisotopic (exact) mass is 746 g/mol. The number of anilines is 4. The smallest absolute Gasteiger partial charge is 0.234 e. The number of halogens is 1. The Morgan fingerprint density at radius 1 is 0.800 bits per heavy atom. The Balaban J connectivity index is 0.796. The molecule has 286 valence electrons. The van der Waals surface area contributed by atoms with Gasteiger partial charge in [0.15, 0.2) is 5.82 Å². The lowest BCUT2D eigenvalue weighted by molar-refractivity contribution is -0.134. The van der Waals surface area contributed by atoms with E-state index in [1.165, 1.54) is 6.07 Å². The molecule has 1 aliphatic carbocycles. The number of fused-ring (bicyclic) bond motifs is 2. The van der Waals surface area contributed by atoms with Crippen molar-refractivity contribution in [2.24, 2.45) is 0 Å². The maximum absolute atomic E-state index is 15.3. The highest BCUT2D eigenvalue weighted by Crippen LogP contribution is 2.40. The molecule has 5 fully saturated rings. The maximum atomic E-state index is 15.3. The van der Waals surface area contributed by atoms with E-state index in [1.807, 2.05) is 30.5 Å². The van der Waals surface area contributed by atoms with Crippen molar-refractivity contribution in [1.29, 1.82) is 0 Å². The first-order chi connectivity index (χ1) is 26.8. The number of para-hydroxylation sites is 1. The summed E-state index contributed by atoms with van der Waals surface area (Å²) in [7, 11) is 0. The number of nitrogens with one attached hydrogen (secondary N) is 1. The van der Waals surface area contributed by atoms with Crippen LogP contribution in [0.1, 0.15) is 74.5 Å². The number of piperidine rings is 1. The quantitative estimate of drug-likeness (QED) is 0.227. The van der Waals surface area contributed by atoms with Gasteiger partial charge in [-0.05, 0) is 86.9 Å². The molecule has 4 aromatic rings. The van der Waals surface area contributed by atoms with Crippen LogP contribution in [0.2, 0.25) is 0 Å². The Bertz CT molecular complexity index is 2070. The summed E-state index contributed by atoms with van der Waals surface area (Å²) < 4.78 is 15.3. The Kier molecular flexibility index (Phi) is 9.45. The fourth-order valence-corrected chi connectivity index (χ4v) is 9.68. The number of phenols is 1. The van der Waals surface area contributed by atoms with Crippen LogP contribution < -0.4 is 25.8 Å². The van der Waals surface area contributed by atoms with Crippen molar-refractivity contribution < 1.29 is 19.1 Å². The number of nitrogen functional groups attached to an aromatic ring is 1. The molecule has 5 aliphatic rings. The summed E-state index contributed by atoms with van der Waals surface area (Å²) in [6, 6.07) is 17.3. The van der Waals surface area contributed by atoms with Crippen LogP contribution in [-0.4, -0.2) is 99.4 Å². The number of imide groups is 1. The first-order valence-electron chi connectivity index (χ1n) is 19.7. The van der Waals surface area contributed by atoms with Gasteiger partial charge in [0.1, 0.15) is 11.6 Å². The topological polar surface area (TPSA) is 157 Å². The molecule has 4 saturated heterocycles. The molecule has 1 saturated carbocycles. The molecule has 9 rings (SSSR count). The number of aromatic hydroxyl groups is 1. The van der Waals surface area contributed by atoms with Gasteiger partial charge in [0.05, 0.1) is 23.0 Å². The summed E-state index contributed by atoms with van der Waals surface area (Å²) in [5, 5.41) is 21.3. The third-order valence-electron chi connectivity index (χ3n) is 12.6. The van der Waals surface area contributed by atoms with Crippen LogP contribution in [0.5, 0.6) is 5.75 Å². The van der Waals surface area contributed by atoms with Gasteiger partial charge in [-0.15, -0.1) is 10.2 Å². The minimum Gasteiger partial charge on any atom is -0.507 e. The first-order valence-corrected chi connectivity index (χ1v) is 19.7. The van der Waals surface area contributed by atoms with E-state index in [2.05, 4.69) is 41.2 Å². The van der Waals surface area contributed by atoms with Crippen molar-refractivity contribution in [3.8, 4) is 17.0 Å². The molecule has 4 N–H and O–H groups in total. The van der Waals surface area contributed by atoms with Crippen molar-refractivity contribution in [3.63, 3.8) is 0 Å². The summed E-state index contributed by atoms with van der Waals surface area (Å²) >= 11 is 0. The zero-order chi connectivity index (χ0) is 37.6. The van der Waals surface area contributed by atoms with E-state index in [-0.39, 0.29) is 41.9 Å². The highest BCUT2D eigenvalue weighted by molar-refractivity contribution is 6.01. The van der Waals surface area contributed by atoms with Crippen LogP contribution in [0, 0.1) is 5.82 Å². The van der Waals surface area contributed by atoms with Gasteiger partial charge in [-0.3, -0.25) is 19.8 Å². The molecular weight excluding hydrogens is 700 g/mol. The second-order valence-electron chi connectivity index (χ2n) is 15.7. The molecule has 3 atom stereocenters. The minimum atomic E-state index is -0.489. The lowest BCUT2D eigenvalue weighted by Gasteiger charge is -2.43. The third-order valence-corrected chi connectivity index (χ3v) is 12.6. The number of amides is 2. The summed E-state index contributed by atoms with van der Waals surface area (Å²) in [6.45, 7) is 4.82. The largest absolute Gasteiger partial charge is 0.507 e. The number of benzene rings is 2. The standard InChI is InChI=1S/C41H47FN10O3/c42-32-21-26(30-12-14-38(54)46-40(30)55)7-13-35(32)50-19-17-49(18-20-50)27-8-5-25(6-9-27)33-15-16-44-41(45-33)52-28-10-11-29(52)24-51(23-28)36-22-34(47-48-39(36)43)31-3-1-2-4-37(31)53/h1-4,7,13,15-16,21-22,25,27-30,53H,5-6,8-12,14,17-20,23-24H2,(H2,43,48)(H,46,54,55). The van der Waals surface area contributed by atoms with Crippen molar-refractivity contribution in [2.75, 3.05) is 59.7 Å². The molecule has 2 amide bonds. The van der Waals surface area contributed by atoms with Crippen molar-refractivity contribution in [2.45, 2.75) is 81.3 Å².